The van der Waals surface area contributed by atoms with Crippen molar-refractivity contribution < 1.29 is 10.2 Å². The van der Waals surface area contributed by atoms with Crippen LogP contribution in [0.25, 0.3) is 22.0 Å². The van der Waals surface area contributed by atoms with Crippen molar-refractivity contribution in [1.82, 2.24) is 15.2 Å². The monoisotopic (exact) mass is 330 g/mol. The maximum absolute atomic E-state index is 10.1. The summed E-state index contributed by atoms with van der Waals surface area (Å²) in [7, 11) is 0. The van der Waals surface area contributed by atoms with E-state index in [0.717, 1.165) is 10.8 Å². The minimum Gasteiger partial charge on any atom is -0.507 e. The van der Waals surface area contributed by atoms with Gasteiger partial charge in [-0.25, -0.2) is 0 Å². The van der Waals surface area contributed by atoms with Gasteiger partial charge in [-0.15, -0.1) is 10.2 Å². The molecule has 118 valence electrons. The van der Waals surface area contributed by atoms with E-state index in [4.69, 9.17) is 11.6 Å². The molecule has 0 saturated heterocycles. The Hall–Kier alpha value is -2.44. The Bertz CT molecular complexity index is 855. The molecule has 1 atom stereocenters. The Balaban J connectivity index is 2.14. The summed E-state index contributed by atoms with van der Waals surface area (Å²) in [5.41, 5.74) is 1.08. The minimum atomic E-state index is -0.511. The molecule has 0 unspecified atom stereocenters. The van der Waals surface area contributed by atoms with Crippen molar-refractivity contribution in [3.8, 4) is 17.0 Å². The lowest BCUT2D eigenvalue weighted by Gasteiger charge is -2.12. The van der Waals surface area contributed by atoms with Crippen LogP contribution < -0.4 is 5.32 Å². The molecule has 1 aromatic carbocycles. The smallest absolute Gasteiger partial charge is 0.158 e. The Kier molecular flexibility index (Phi) is 4.27. The topological polar surface area (TPSA) is 91.2 Å². The highest BCUT2D eigenvalue weighted by Gasteiger charge is 2.14. The first kappa shape index (κ1) is 15.5. The molecule has 0 spiro atoms. The van der Waals surface area contributed by atoms with Crippen LogP contribution in [0.5, 0.6) is 5.75 Å². The number of phenolic OH excluding ortho intramolecular Hbond substituents is 1. The highest BCUT2D eigenvalue weighted by molar-refractivity contribution is 6.30. The van der Waals surface area contributed by atoms with Crippen LogP contribution in [0, 0.1) is 0 Å². The van der Waals surface area contributed by atoms with Crippen molar-refractivity contribution in [1.29, 1.82) is 0 Å². The van der Waals surface area contributed by atoms with E-state index in [1.165, 1.54) is 6.07 Å². The number of halogens is 1. The third-order valence-electron chi connectivity index (χ3n) is 3.36. The normalized spacial score (nSPS) is 12.3. The van der Waals surface area contributed by atoms with E-state index in [2.05, 4.69) is 20.5 Å². The number of anilines is 1. The van der Waals surface area contributed by atoms with Crippen LogP contribution in [-0.2, 0) is 0 Å². The van der Waals surface area contributed by atoms with Gasteiger partial charge in [0.15, 0.2) is 5.82 Å². The number of nitrogens with one attached hydrogen (secondary N) is 1. The van der Waals surface area contributed by atoms with Crippen LogP contribution in [-0.4, -0.2) is 38.0 Å². The third-order valence-corrected chi connectivity index (χ3v) is 3.60. The summed E-state index contributed by atoms with van der Waals surface area (Å²) in [6.07, 6.45) is 2.81. The second-order valence-electron chi connectivity index (χ2n) is 5.21. The predicted octanol–water partition coefficient (Wildman–Crippen LogP) is 2.84. The SMILES string of the molecule is C[C@H](O)CNc1nnc(-c2ccc(Cl)cc2O)c2ccncc12. The van der Waals surface area contributed by atoms with Crippen molar-refractivity contribution in [2.75, 3.05) is 11.9 Å². The number of hydrogen-bond acceptors (Lipinski definition) is 6. The second kappa shape index (κ2) is 6.36. The van der Waals surface area contributed by atoms with E-state index in [1.807, 2.05) is 0 Å². The van der Waals surface area contributed by atoms with Crippen LogP contribution in [0.1, 0.15) is 6.92 Å². The lowest BCUT2D eigenvalue weighted by atomic mass is 10.1. The van der Waals surface area contributed by atoms with E-state index >= 15 is 0 Å². The molecule has 3 aromatic rings. The van der Waals surface area contributed by atoms with E-state index in [1.54, 1.807) is 37.5 Å². The Labute approximate surface area is 137 Å². The zero-order valence-corrected chi connectivity index (χ0v) is 13.1. The molecule has 0 fully saturated rings. The molecule has 0 aliphatic rings. The maximum atomic E-state index is 10.1. The average molecular weight is 331 g/mol. The number of aromatic nitrogens is 3. The van der Waals surface area contributed by atoms with Crippen LogP contribution in [0.3, 0.4) is 0 Å². The van der Waals surface area contributed by atoms with Gasteiger partial charge >= 0.3 is 0 Å². The number of aromatic hydroxyl groups is 1. The van der Waals surface area contributed by atoms with Crippen molar-refractivity contribution in [2.24, 2.45) is 0 Å². The van der Waals surface area contributed by atoms with Gasteiger partial charge in [0, 0.05) is 40.3 Å². The summed E-state index contributed by atoms with van der Waals surface area (Å²) in [6.45, 7) is 2.03. The lowest BCUT2D eigenvalue weighted by Crippen LogP contribution is -2.16. The quantitative estimate of drug-likeness (QED) is 0.681. The Morgan fingerprint density at radius 1 is 1.22 bits per heavy atom. The molecule has 3 rings (SSSR count). The van der Waals surface area contributed by atoms with Gasteiger partial charge in [0.25, 0.3) is 0 Å². The number of aliphatic hydroxyl groups excluding tert-OH is 1. The molecule has 0 radical (unpaired) electrons. The lowest BCUT2D eigenvalue weighted by molar-refractivity contribution is 0.208. The molecule has 3 N–H and O–H groups in total. The number of phenols is 1. The van der Waals surface area contributed by atoms with Gasteiger partial charge in [0.1, 0.15) is 11.4 Å². The molecule has 0 aliphatic heterocycles. The van der Waals surface area contributed by atoms with Gasteiger partial charge in [0.05, 0.1) is 6.10 Å². The second-order valence-corrected chi connectivity index (χ2v) is 5.65. The van der Waals surface area contributed by atoms with Crippen LogP contribution in [0.4, 0.5) is 5.82 Å². The number of hydrogen-bond donors (Lipinski definition) is 3. The molecule has 2 heterocycles. The summed E-state index contributed by atoms with van der Waals surface area (Å²) in [6, 6.07) is 6.65. The fourth-order valence-corrected chi connectivity index (χ4v) is 2.44. The van der Waals surface area contributed by atoms with Crippen molar-refractivity contribution >= 4 is 28.2 Å². The molecule has 0 bridgehead atoms. The molecule has 6 nitrogen and oxygen atoms in total. The summed E-state index contributed by atoms with van der Waals surface area (Å²) in [4.78, 5) is 4.12. The number of pyridine rings is 1. The fraction of sp³-hybridized carbons (Fsp3) is 0.188. The maximum Gasteiger partial charge on any atom is 0.158 e. The van der Waals surface area contributed by atoms with Gasteiger partial charge in [-0.05, 0) is 31.2 Å². The number of benzene rings is 1. The molecule has 23 heavy (non-hydrogen) atoms. The van der Waals surface area contributed by atoms with Crippen molar-refractivity contribution in [2.45, 2.75) is 13.0 Å². The van der Waals surface area contributed by atoms with Crippen molar-refractivity contribution in [3.05, 3.63) is 41.7 Å². The van der Waals surface area contributed by atoms with Gasteiger partial charge in [0.2, 0.25) is 0 Å². The molecular weight excluding hydrogens is 316 g/mol. The summed E-state index contributed by atoms with van der Waals surface area (Å²) < 4.78 is 0. The third kappa shape index (κ3) is 3.18. The number of nitrogens with zero attached hydrogens (tertiary/aromatic N) is 3. The van der Waals surface area contributed by atoms with Crippen LogP contribution >= 0.6 is 11.6 Å². The van der Waals surface area contributed by atoms with E-state index in [0.29, 0.717) is 28.6 Å². The highest BCUT2D eigenvalue weighted by Crippen LogP contribution is 2.35. The number of rotatable bonds is 4. The summed E-state index contributed by atoms with van der Waals surface area (Å²) in [5.74, 6) is 0.570. The predicted molar refractivity (Wildman–Crippen MR) is 89.6 cm³/mol. The largest absolute Gasteiger partial charge is 0.507 e. The van der Waals surface area contributed by atoms with E-state index in [-0.39, 0.29) is 5.75 Å². The Morgan fingerprint density at radius 3 is 2.78 bits per heavy atom. The molecule has 0 saturated carbocycles. The molecule has 2 aromatic heterocycles. The first-order valence-corrected chi connectivity index (χ1v) is 7.45. The van der Waals surface area contributed by atoms with Gasteiger partial charge in [-0.3, -0.25) is 4.98 Å². The zero-order valence-electron chi connectivity index (χ0n) is 12.4. The highest BCUT2D eigenvalue weighted by atomic mass is 35.5. The van der Waals surface area contributed by atoms with Crippen molar-refractivity contribution in [3.63, 3.8) is 0 Å². The number of aliphatic hydroxyl groups is 1. The fourth-order valence-electron chi connectivity index (χ4n) is 2.28. The molecular formula is C16H15ClN4O2. The first-order valence-electron chi connectivity index (χ1n) is 7.07. The van der Waals surface area contributed by atoms with Crippen LogP contribution in [0.15, 0.2) is 36.7 Å². The Morgan fingerprint density at radius 2 is 2.04 bits per heavy atom. The first-order chi connectivity index (χ1) is 11.1. The van der Waals surface area contributed by atoms with Gasteiger partial charge in [-0.2, -0.15) is 0 Å². The average Bonchev–Trinajstić information content (AvgIpc) is 2.53. The number of fused-ring (bicyclic) bond motifs is 1. The molecule has 0 amide bonds. The zero-order chi connectivity index (χ0) is 16.4. The van der Waals surface area contributed by atoms with E-state index in [9.17, 15) is 10.2 Å². The molecule has 0 aliphatic carbocycles. The minimum absolute atomic E-state index is 0.0367. The summed E-state index contributed by atoms with van der Waals surface area (Å²) >= 11 is 5.88. The van der Waals surface area contributed by atoms with Gasteiger partial charge < -0.3 is 15.5 Å². The molecule has 7 heteroatoms. The summed E-state index contributed by atoms with van der Waals surface area (Å²) in [5, 5.41) is 33.0. The van der Waals surface area contributed by atoms with E-state index < -0.39 is 6.10 Å². The standard InChI is InChI=1S/C16H15ClN4O2/c1-9(22)7-19-16-13-8-18-5-4-11(13)15(20-21-16)12-3-2-10(17)6-14(12)23/h2-6,8-9,22-23H,7H2,1H3,(H,19,21)/t9-/m0/s1. The van der Waals surface area contributed by atoms with Crippen LogP contribution in [0.2, 0.25) is 5.02 Å². The van der Waals surface area contributed by atoms with Gasteiger partial charge in [-0.1, -0.05) is 11.6 Å².